The van der Waals surface area contributed by atoms with Crippen LogP contribution in [0.4, 0.5) is 0 Å². The number of rotatable bonds is 10. The van der Waals surface area contributed by atoms with Gasteiger partial charge in [0.05, 0.1) is 17.6 Å². The lowest BCUT2D eigenvalue weighted by Gasteiger charge is -2.19. The van der Waals surface area contributed by atoms with E-state index in [1.165, 1.54) is 0 Å². The predicted octanol–water partition coefficient (Wildman–Crippen LogP) is 1.82. The van der Waals surface area contributed by atoms with Crippen molar-refractivity contribution in [3.63, 3.8) is 0 Å². The summed E-state index contributed by atoms with van der Waals surface area (Å²) in [5.41, 5.74) is -0.552. The molecule has 0 radical (unpaired) electrons. The predicted molar refractivity (Wildman–Crippen MR) is 93.6 cm³/mol. The Morgan fingerprint density at radius 2 is 1.84 bits per heavy atom. The highest BCUT2D eigenvalue weighted by molar-refractivity contribution is 5.96. The molecule has 0 aromatic heterocycles. The number of carboxylic acid groups (broad SMARTS) is 1. The summed E-state index contributed by atoms with van der Waals surface area (Å²) in [7, 11) is 0. The fraction of sp³-hybridized carbons (Fsp3) is 0.500. The normalized spacial score (nSPS) is 10.8. The maximum Gasteiger partial charge on any atom is 0.310 e. The SMILES string of the molecule is CCOc1ccccc1C(=O)NCCCC(=O)NCC(C)(C)C(=O)O. The van der Waals surface area contributed by atoms with Crippen LogP contribution in [0.3, 0.4) is 0 Å². The van der Waals surface area contributed by atoms with Crippen molar-refractivity contribution < 1.29 is 24.2 Å². The Morgan fingerprint density at radius 1 is 1.16 bits per heavy atom. The molecular weight excluding hydrogens is 324 g/mol. The van der Waals surface area contributed by atoms with Crippen LogP contribution < -0.4 is 15.4 Å². The first-order valence-corrected chi connectivity index (χ1v) is 8.28. The Labute approximate surface area is 147 Å². The van der Waals surface area contributed by atoms with Gasteiger partial charge in [0, 0.05) is 19.5 Å². The molecule has 0 aliphatic carbocycles. The van der Waals surface area contributed by atoms with Gasteiger partial charge in [-0.2, -0.15) is 0 Å². The molecule has 3 N–H and O–H groups in total. The second-order valence-electron chi connectivity index (χ2n) is 6.25. The van der Waals surface area contributed by atoms with Crippen molar-refractivity contribution in [1.29, 1.82) is 0 Å². The largest absolute Gasteiger partial charge is 0.493 e. The average Bonchev–Trinajstić information content (AvgIpc) is 2.57. The number of ether oxygens (including phenoxy) is 1. The first kappa shape index (κ1) is 20.5. The molecule has 0 saturated heterocycles. The molecule has 25 heavy (non-hydrogen) atoms. The van der Waals surface area contributed by atoms with Crippen molar-refractivity contribution in [2.75, 3.05) is 19.7 Å². The molecule has 7 nitrogen and oxygen atoms in total. The van der Waals surface area contributed by atoms with E-state index in [9.17, 15) is 14.4 Å². The molecule has 0 saturated carbocycles. The van der Waals surface area contributed by atoms with Crippen LogP contribution in [-0.4, -0.2) is 42.6 Å². The van der Waals surface area contributed by atoms with E-state index < -0.39 is 11.4 Å². The van der Waals surface area contributed by atoms with E-state index in [1.54, 1.807) is 38.1 Å². The number of benzene rings is 1. The first-order valence-electron chi connectivity index (χ1n) is 8.28. The minimum Gasteiger partial charge on any atom is -0.493 e. The molecule has 1 rings (SSSR count). The Balaban J connectivity index is 2.35. The second-order valence-corrected chi connectivity index (χ2v) is 6.25. The Bertz CT molecular complexity index is 613. The van der Waals surface area contributed by atoms with Crippen LogP contribution in [0.2, 0.25) is 0 Å². The summed E-state index contributed by atoms with van der Waals surface area (Å²) < 4.78 is 5.41. The quantitative estimate of drug-likeness (QED) is 0.558. The number of hydrogen-bond acceptors (Lipinski definition) is 4. The fourth-order valence-electron chi connectivity index (χ4n) is 1.97. The van der Waals surface area contributed by atoms with Gasteiger partial charge in [-0.25, -0.2) is 0 Å². The maximum atomic E-state index is 12.2. The van der Waals surface area contributed by atoms with Gasteiger partial charge in [-0.1, -0.05) is 12.1 Å². The molecule has 0 unspecified atom stereocenters. The fourth-order valence-corrected chi connectivity index (χ4v) is 1.97. The van der Waals surface area contributed by atoms with Gasteiger partial charge >= 0.3 is 5.97 Å². The number of para-hydroxylation sites is 1. The number of carbonyl (C=O) groups excluding carboxylic acids is 2. The minimum atomic E-state index is -1.01. The van der Waals surface area contributed by atoms with Gasteiger partial charge in [-0.3, -0.25) is 14.4 Å². The number of carboxylic acids is 1. The minimum absolute atomic E-state index is 0.0647. The molecule has 0 bridgehead atoms. The standard InChI is InChI=1S/C18H26N2O5/c1-4-25-14-9-6-5-8-13(14)16(22)19-11-7-10-15(21)20-12-18(2,3)17(23)24/h5-6,8-9H,4,7,10-12H2,1-3H3,(H,19,22)(H,20,21)(H,23,24). The van der Waals surface area contributed by atoms with Gasteiger partial charge in [0.25, 0.3) is 5.91 Å². The van der Waals surface area contributed by atoms with Gasteiger partial charge < -0.3 is 20.5 Å². The van der Waals surface area contributed by atoms with Crippen molar-refractivity contribution in [3.8, 4) is 5.75 Å². The number of carbonyl (C=O) groups is 3. The van der Waals surface area contributed by atoms with Crippen molar-refractivity contribution in [1.82, 2.24) is 10.6 Å². The molecule has 0 aliphatic rings. The van der Waals surface area contributed by atoms with Crippen LogP contribution in [-0.2, 0) is 9.59 Å². The highest BCUT2D eigenvalue weighted by atomic mass is 16.5. The van der Waals surface area contributed by atoms with Gasteiger partial charge in [0.2, 0.25) is 5.91 Å². The summed E-state index contributed by atoms with van der Waals surface area (Å²) in [5.74, 6) is -0.932. The summed E-state index contributed by atoms with van der Waals surface area (Å²) >= 11 is 0. The first-order chi connectivity index (χ1) is 11.8. The van der Waals surface area contributed by atoms with Crippen molar-refractivity contribution in [2.24, 2.45) is 5.41 Å². The number of amides is 2. The van der Waals surface area contributed by atoms with Crippen molar-refractivity contribution in [3.05, 3.63) is 29.8 Å². The van der Waals surface area contributed by atoms with E-state index in [0.29, 0.717) is 30.9 Å². The van der Waals surface area contributed by atoms with E-state index in [2.05, 4.69) is 10.6 Å². The molecule has 7 heteroatoms. The summed E-state index contributed by atoms with van der Waals surface area (Å²) in [4.78, 5) is 34.9. The molecule has 1 aromatic carbocycles. The van der Waals surface area contributed by atoms with E-state index in [0.717, 1.165) is 0 Å². The Kier molecular flexibility index (Phi) is 7.91. The van der Waals surface area contributed by atoms with Crippen molar-refractivity contribution >= 4 is 17.8 Å². The van der Waals surface area contributed by atoms with E-state index >= 15 is 0 Å². The second kappa shape index (κ2) is 9.66. The zero-order chi connectivity index (χ0) is 18.9. The summed E-state index contributed by atoms with van der Waals surface area (Å²) in [6.45, 7) is 5.82. The third kappa shape index (κ3) is 6.82. The highest BCUT2D eigenvalue weighted by Crippen LogP contribution is 2.17. The third-order valence-corrected chi connectivity index (χ3v) is 3.60. The zero-order valence-electron chi connectivity index (χ0n) is 14.9. The molecule has 0 fully saturated rings. The van der Waals surface area contributed by atoms with Gasteiger partial charge in [0.1, 0.15) is 5.75 Å². The van der Waals surface area contributed by atoms with E-state index in [4.69, 9.17) is 9.84 Å². The lowest BCUT2D eigenvalue weighted by molar-refractivity contribution is -0.146. The van der Waals surface area contributed by atoms with Gasteiger partial charge in [0.15, 0.2) is 0 Å². The lowest BCUT2D eigenvalue weighted by atomic mass is 9.94. The molecule has 0 atom stereocenters. The zero-order valence-corrected chi connectivity index (χ0v) is 14.9. The topological polar surface area (TPSA) is 105 Å². The third-order valence-electron chi connectivity index (χ3n) is 3.60. The Morgan fingerprint density at radius 3 is 2.48 bits per heavy atom. The molecule has 0 aliphatic heterocycles. The molecule has 0 heterocycles. The summed E-state index contributed by atoms with van der Waals surface area (Å²) in [6.07, 6.45) is 0.672. The van der Waals surface area contributed by atoms with Gasteiger partial charge in [-0.15, -0.1) is 0 Å². The molecule has 0 spiro atoms. The number of nitrogens with one attached hydrogen (secondary N) is 2. The highest BCUT2D eigenvalue weighted by Gasteiger charge is 2.27. The van der Waals surface area contributed by atoms with Crippen LogP contribution in [0.5, 0.6) is 5.75 Å². The van der Waals surface area contributed by atoms with Gasteiger partial charge in [-0.05, 0) is 39.3 Å². The number of hydrogen-bond donors (Lipinski definition) is 3. The maximum absolute atomic E-state index is 12.2. The van der Waals surface area contributed by atoms with E-state index in [-0.39, 0.29) is 24.8 Å². The van der Waals surface area contributed by atoms with Crippen LogP contribution in [0.25, 0.3) is 0 Å². The molecular formula is C18H26N2O5. The smallest absolute Gasteiger partial charge is 0.310 e. The summed E-state index contributed by atoms with van der Waals surface area (Å²) in [5, 5.41) is 14.3. The van der Waals surface area contributed by atoms with E-state index in [1.807, 2.05) is 6.92 Å². The molecule has 138 valence electrons. The average molecular weight is 350 g/mol. The summed E-state index contributed by atoms with van der Waals surface area (Å²) in [6, 6.07) is 6.97. The monoisotopic (exact) mass is 350 g/mol. The van der Waals surface area contributed by atoms with Crippen LogP contribution >= 0.6 is 0 Å². The molecule has 2 amide bonds. The van der Waals surface area contributed by atoms with Crippen molar-refractivity contribution in [2.45, 2.75) is 33.6 Å². The van der Waals surface area contributed by atoms with Crippen LogP contribution in [0, 0.1) is 5.41 Å². The van der Waals surface area contributed by atoms with Crippen LogP contribution in [0.1, 0.15) is 44.0 Å². The lowest BCUT2D eigenvalue weighted by Crippen LogP contribution is -2.39. The Hall–Kier alpha value is -2.57. The molecule has 1 aromatic rings. The number of aliphatic carboxylic acids is 1. The van der Waals surface area contributed by atoms with Crippen LogP contribution in [0.15, 0.2) is 24.3 Å².